The number of aryl methyl sites for hydroxylation is 1. The van der Waals surface area contributed by atoms with Crippen molar-refractivity contribution in [1.29, 1.82) is 0 Å². The van der Waals surface area contributed by atoms with Crippen LogP contribution in [0.2, 0.25) is 5.02 Å². The lowest BCUT2D eigenvalue weighted by molar-refractivity contribution is 0.763. The van der Waals surface area contributed by atoms with E-state index in [0.717, 1.165) is 29.6 Å². The standard InChI is InChI=1S/C14H16ClN3/c1-10-17-6-7-18(10)14-3-2-11(8-13(14)15)12-4-5-16-9-12/h2-3,6-8,12,16H,4-5,9H2,1H3. The predicted molar refractivity (Wildman–Crippen MR) is 73.5 cm³/mol. The first kappa shape index (κ1) is 11.8. The fourth-order valence-corrected chi connectivity index (χ4v) is 2.82. The van der Waals surface area contributed by atoms with Gasteiger partial charge in [0.15, 0.2) is 0 Å². The molecule has 1 unspecified atom stereocenters. The zero-order chi connectivity index (χ0) is 12.5. The summed E-state index contributed by atoms with van der Waals surface area (Å²) in [6.07, 6.45) is 4.92. The fourth-order valence-electron chi connectivity index (χ4n) is 2.54. The summed E-state index contributed by atoms with van der Waals surface area (Å²) >= 11 is 6.40. The lowest BCUT2D eigenvalue weighted by Gasteiger charge is -2.13. The highest BCUT2D eigenvalue weighted by Gasteiger charge is 2.17. The van der Waals surface area contributed by atoms with Gasteiger partial charge in [0, 0.05) is 18.9 Å². The number of rotatable bonds is 2. The van der Waals surface area contributed by atoms with Gasteiger partial charge >= 0.3 is 0 Å². The average molecular weight is 262 g/mol. The Labute approximate surface area is 112 Å². The lowest BCUT2D eigenvalue weighted by atomic mass is 9.98. The normalized spacial score (nSPS) is 19.3. The Kier molecular flexibility index (Phi) is 3.10. The molecule has 1 aromatic carbocycles. The van der Waals surface area contributed by atoms with E-state index in [9.17, 15) is 0 Å². The minimum atomic E-state index is 0.598. The second-order valence-electron chi connectivity index (χ2n) is 4.75. The lowest BCUT2D eigenvalue weighted by Crippen LogP contribution is -2.08. The second-order valence-corrected chi connectivity index (χ2v) is 5.15. The van der Waals surface area contributed by atoms with Crippen molar-refractivity contribution in [3.8, 4) is 5.69 Å². The first-order valence-corrected chi connectivity index (χ1v) is 6.64. The zero-order valence-corrected chi connectivity index (χ0v) is 11.1. The summed E-state index contributed by atoms with van der Waals surface area (Å²) in [4.78, 5) is 4.23. The number of imidazole rings is 1. The van der Waals surface area contributed by atoms with Crippen molar-refractivity contribution in [2.24, 2.45) is 0 Å². The van der Waals surface area contributed by atoms with Crippen LogP contribution in [0.1, 0.15) is 23.7 Å². The zero-order valence-electron chi connectivity index (χ0n) is 10.4. The van der Waals surface area contributed by atoms with Crippen molar-refractivity contribution in [2.45, 2.75) is 19.3 Å². The van der Waals surface area contributed by atoms with Crippen molar-refractivity contribution in [3.63, 3.8) is 0 Å². The van der Waals surface area contributed by atoms with Crippen molar-refractivity contribution < 1.29 is 0 Å². The van der Waals surface area contributed by atoms with E-state index < -0.39 is 0 Å². The van der Waals surface area contributed by atoms with E-state index in [-0.39, 0.29) is 0 Å². The second kappa shape index (κ2) is 4.75. The quantitative estimate of drug-likeness (QED) is 0.901. The van der Waals surface area contributed by atoms with Crippen LogP contribution in [0.15, 0.2) is 30.6 Å². The summed E-state index contributed by atoms with van der Waals surface area (Å²) in [5.74, 6) is 1.55. The van der Waals surface area contributed by atoms with Crippen LogP contribution >= 0.6 is 11.6 Å². The van der Waals surface area contributed by atoms with E-state index in [2.05, 4.69) is 28.5 Å². The van der Waals surface area contributed by atoms with Crippen molar-refractivity contribution in [1.82, 2.24) is 14.9 Å². The number of nitrogens with zero attached hydrogens (tertiary/aromatic N) is 2. The highest BCUT2D eigenvalue weighted by molar-refractivity contribution is 6.32. The molecule has 0 spiro atoms. The Morgan fingerprint density at radius 1 is 1.44 bits per heavy atom. The summed E-state index contributed by atoms with van der Waals surface area (Å²) < 4.78 is 2.01. The van der Waals surface area contributed by atoms with Gasteiger partial charge < -0.3 is 9.88 Å². The number of benzene rings is 1. The van der Waals surface area contributed by atoms with Crippen LogP contribution < -0.4 is 5.32 Å². The van der Waals surface area contributed by atoms with Gasteiger partial charge in [-0.3, -0.25) is 0 Å². The monoisotopic (exact) mass is 261 g/mol. The van der Waals surface area contributed by atoms with E-state index in [1.807, 2.05) is 17.7 Å². The maximum absolute atomic E-state index is 6.40. The van der Waals surface area contributed by atoms with Gasteiger partial charge in [0.05, 0.1) is 10.7 Å². The molecule has 1 saturated heterocycles. The first-order valence-electron chi connectivity index (χ1n) is 6.26. The van der Waals surface area contributed by atoms with Crippen LogP contribution in [0, 0.1) is 6.92 Å². The third kappa shape index (κ3) is 2.04. The molecule has 0 aliphatic carbocycles. The van der Waals surface area contributed by atoms with E-state index in [1.54, 1.807) is 6.20 Å². The minimum Gasteiger partial charge on any atom is -0.316 e. The van der Waals surface area contributed by atoms with Gasteiger partial charge in [0.1, 0.15) is 5.82 Å². The van der Waals surface area contributed by atoms with Gasteiger partial charge in [-0.1, -0.05) is 17.7 Å². The molecule has 1 aromatic heterocycles. The molecule has 1 N–H and O–H groups in total. The van der Waals surface area contributed by atoms with E-state index in [4.69, 9.17) is 11.6 Å². The van der Waals surface area contributed by atoms with Crippen LogP contribution in [0.25, 0.3) is 5.69 Å². The SMILES string of the molecule is Cc1nccn1-c1ccc(C2CCNC2)cc1Cl. The summed E-state index contributed by atoms with van der Waals surface area (Å²) in [6, 6.07) is 6.36. The topological polar surface area (TPSA) is 29.9 Å². The molecule has 0 saturated carbocycles. The molecule has 1 atom stereocenters. The maximum Gasteiger partial charge on any atom is 0.110 e. The Morgan fingerprint density at radius 2 is 2.33 bits per heavy atom. The molecule has 3 rings (SSSR count). The maximum atomic E-state index is 6.40. The van der Waals surface area contributed by atoms with E-state index in [1.165, 1.54) is 12.0 Å². The van der Waals surface area contributed by atoms with Gasteiger partial charge in [-0.15, -0.1) is 0 Å². The number of halogens is 1. The molecule has 2 aromatic rings. The molecular weight excluding hydrogens is 246 g/mol. The fraction of sp³-hybridized carbons (Fsp3) is 0.357. The highest BCUT2D eigenvalue weighted by Crippen LogP contribution is 2.29. The summed E-state index contributed by atoms with van der Waals surface area (Å²) in [7, 11) is 0. The van der Waals surface area contributed by atoms with Gasteiger partial charge in [-0.2, -0.15) is 0 Å². The van der Waals surface area contributed by atoms with Crippen LogP contribution in [-0.2, 0) is 0 Å². The summed E-state index contributed by atoms with van der Waals surface area (Å²) in [5.41, 5.74) is 2.33. The third-order valence-electron chi connectivity index (χ3n) is 3.59. The molecular formula is C14H16ClN3. The molecule has 0 amide bonds. The number of aromatic nitrogens is 2. The molecule has 1 aliphatic heterocycles. The molecule has 4 heteroatoms. The van der Waals surface area contributed by atoms with Crippen molar-refractivity contribution >= 4 is 11.6 Å². The number of hydrogen-bond donors (Lipinski definition) is 1. The van der Waals surface area contributed by atoms with Gasteiger partial charge in [0.25, 0.3) is 0 Å². The van der Waals surface area contributed by atoms with Crippen LogP contribution in [0.4, 0.5) is 0 Å². The number of hydrogen-bond acceptors (Lipinski definition) is 2. The van der Waals surface area contributed by atoms with Crippen molar-refractivity contribution in [3.05, 3.63) is 47.0 Å². The smallest absolute Gasteiger partial charge is 0.110 e. The highest BCUT2D eigenvalue weighted by atomic mass is 35.5. The largest absolute Gasteiger partial charge is 0.316 e. The third-order valence-corrected chi connectivity index (χ3v) is 3.89. The molecule has 94 valence electrons. The molecule has 0 radical (unpaired) electrons. The minimum absolute atomic E-state index is 0.598. The van der Waals surface area contributed by atoms with Crippen LogP contribution in [0.5, 0.6) is 0 Å². The Balaban J connectivity index is 1.96. The summed E-state index contributed by atoms with van der Waals surface area (Å²) in [6.45, 7) is 4.13. The predicted octanol–water partition coefficient (Wildman–Crippen LogP) is 2.91. The molecule has 1 aliphatic rings. The molecule has 2 heterocycles. The Morgan fingerprint density at radius 3 is 2.94 bits per heavy atom. The average Bonchev–Trinajstić information content (AvgIpc) is 3.00. The van der Waals surface area contributed by atoms with Gasteiger partial charge in [0.2, 0.25) is 0 Å². The Hall–Kier alpha value is -1.32. The molecule has 18 heavy (non-hydrogen) atoms. The van der Waals surface area contributed by atoms with Crippen molar-refractivity contribution in [2.75, 3.05) is 13.1 Å². The van der Waals surface area contributed by atoms with Gasteiger partial charge in [-0.05, 0) is 43.5 Å². The van der Waals surface area contributed by atoms with Gasteiger partial charge in [-0.25, -0.2) is 4.98 Å². The Bertz CT molecular complexity index is 556. The first-order chi connectivity index (χ1) is 8.75. The number of nitrogens with one attached hydrogen (secondary N) is 1. The van der Waals surface area contributed by atoms with E-state index in [0.29, 0.717) is 5.92 Å². The van der Waals surface area contributed by atoms with Crippen LogP contribution in [0.3, 0.4) is 0 Å². The molecule has 1 fully saturated rings. The van der Waals surface area contributed by atoms with Crippen LogP contribution in [-0.4, -0.2) is 22.6 Å². The van der Waals surface area contributed by atoms with E-state index >= 15 is 0 Å². The summed E-state index contributed by atoms with van der Waals surface area (Å²) in [5, 5.41) is 4.18. The molecule has 0 bridgehead atoms. The molecule has 3 nitrogen and oxygen atoms in total.